The van der Waals surface area contributed by atoms with E-state index in [1.807, 2.05) is 6.92 Å². The second-order valence-electron chi connectivity index (χ2n) is 4.77. The van der Waals surface area contributed by atoms with Crippen LogP contribution in [0.15, 0.2) is 0 Å². The normalized spacial score (nSPS) is 35.6. The van der Waals surface area contributed by atoms with Gasteiger partial charge in [0, 0.05) is 12.8 Å². The summed E-state index contributed by atoms with van der Waals surface area (Å²) in [5, 5.41) is 19.2. The van der Waals surface area contributed by atoms with Gasteiger partial charge >= 0.3 is 0 Å². The summed E-state index contributed by atoms with van der Waals surface area (Å²) >= 11 is 0. The fourth-order valence-electron chi connectivity index (χ4n) is 1.77. The van der Waals surface area contributed by atoms with E-state index >= 15 is 0 Å². The van der Waals surface area contributed by atoms with Crippen molar-refractivity contribution in [2.75, 3.05) is 0 Å². The zero-order chi connectivity index (χ0) is 13.0. The van der Waals surface area contributed by atoms with Crippen LogP contribution in [-0.2, 0) is 14.3 Å². The van der Waals surface area contributed by atoms with Crippen molar-refractivity contribution in [1.29, 1.82) is 0 Å². The SMILES string of the molecule is CC(=O)CC[C@@H](C)O[C@@H]1O[C@@H](C)[C@H](O)C[C@H]1O. The second kappa shape index (κ2) is 6.44. The molecule has 0 aromatic heterocycles. The molecule has 5 atom stereocenters. The summed E-state index contributed by atoms with van der Waals surface area (Å²) < 4.78 is 10.9. The molecule has 0 bridgehead atoms. The summed E-state index contributed by atoms with van der Waals surface area (Å²) in [4.78, 5) is 10.8. The lowest BCUT2D eigenvalue weighted by Crippen LogP contribution is -2.48. The molecule has 17 heavy (non-hydrogen) atoms. The smallest absolute Gasteiger partial charge is 0.184 e. The first-order valence-electron chi connectivity index (χ1n) is 6.06. The molecule has 0 amide bonds. The van der Waals surface area contributed by atoms with E-state index in [2.05, 4.69) is 0 Å². The second-order valence-corrected chi connectivity index (χ2v) is 4.77. The fourth-order valence-corrected chi connectivity index (χ4v) is 1.77. The van der Waals surface area contributed by atoms with Crippen LogP contribution in [0, 0.1) is 0 Å². The minimum Gasteiger partial charge on any atom is -0.390 e. The third kappa shape index (κ3) is 4.71. The quantitative estimate of drug-likeness (QED) is 0.743. The minimum atomic E-state index is -0.819. The first-order valence-corrected chi connectivity index (χ1v) is 6.06. The number of ether oxygens (including phenoxy) is 2. The number of carbonyl (C=O) groups excluding carboxylic acids is 1. The highest BCUT2D eigenvalue weighted by Crippen LogP contribution is 2.22. The van der Waals surface area contributed by atoms with Gasteiger partial charge in [-0.05, 0) is 27.2 Å². The summed E-state index contributed by atoms with van der Waals surface area (Å²) in [7, 11) is 0. The molecule has 1 aliphatic heterocycles. The van der Waals surface area contributed by atoms with Crippen LogP contribution in [0.1, 0.15) is 40.0 Å². The van der Waals surface area contributed by atoms with E-state index in [9.17, 15) is 15.0 Å². The van der Waals surface area contributed by atoms with Crippen molar-refractivity contribution in [2.45, 2.75) is 70.7 Å². The zero-order valence-corrected chi connectivity index (χ0v) is 10.6. The van der Waals surface area contributed by atoms with E-state index in [0.717, 1.165) is 0 Å². The number of ketones is 1. The van der Waals surface area contributed by atoms with Crippen molar-refractivity contribution in [3.05, 3.63) is 0 Å². The molecule has 0 saturated carbocycles. The summed E-state index contributed by atoms with van der Waals surface area (Å²) in [6.07, 6.45) is -1.36. The topological polar surface area (TPSA) is 76.0 Å². The molecular weight excluding hydrogens is 224 g/mol. The lowest BCUT2D eigenvalue weighted by atomic mass is 10.0. The highest BCUT2D eigenvalue weighted by Gasteiger charge is 2.35. The Bertz CT molecular complexity index is 255. The van der Waals surface area contributed by atoms with E-state index in [0.29, 0.717) is 12.8 Å². The minimum absolute atomic E-state index is 0.120. The van der Waals surface area contributed by atoms with Gasteiger partial charge in [0.05, 0.1) is 18.3 Å². The largest absolute Gasteiger partial charge is 0.390 e. The van der Waals surface area contributed by atoms with Crippen LogP contribution in [0.4, 0.5) is 0 Å². The van der Waals surface area contributed by atoms with E-state index in [1.54, 1.807) is 6.92 Å². The number of Topliss-reactive ketones (excluding diaryl/α,β-unsaturated/α-hetero) is 1. The standard InChI is InChI=1S/C12H22O5/c1-7(13)4-5-8(2)16-12-11(15)6-10(14)9(3)17-12/h8-12,14-15H,4-6H2,1-3H3/t8-,9+,10-,11-,12-/m1/s1. The Morgan fingerprint density at radius 3 is 2.71 bits per heavy atom. The van der Waals surface area contributed by atoms with Gasteiger partial charge in [0.2, 0.25) is 0 Å². The summed E-state index contributed by atoms with van der Waals surface area (Å²) in [6, 6.07) is 0. The van der Waals surface area contributed by atoms with Crippen molar-refractivity contribution >= 4 is 5.78 Å². The first kappa shape index (κ1) is 14.6. The average molecular weight is 246 g/mol. The van der Waals surface area contributed by atoms with Gasteiger partial charge < -0.3 is 24.5 Å². The number of carbonyl (C=O) groups is 1. The molecule has 1 saturated heterocycles. The molecule has 5 nitrogen and oxygen atoms in total. The van der Waals surface area contributed by atoms with Crippen molar-refractivity contribution < 1.29 is 24.5 Å². The van der Waals surface area contributed by atoms with Gasteiger partial charge in [-0.25, -0.2) is 0 Å². The number of hydrogen-bond acceptors (Lipinski definition) is 5. The highest BCUT2D eigenvalue weighted by molar-refractivity contribution is 5.75. The molecule has 0 spiro atoms. The molecule has 0 unspecified atom stereocenters. The van der Waals surface area contributed by atoms with Gasteiger partial charge in [0.1, 0.15) is 11.9 Å². The van der Waals surface area contributed by atoms with E-state index in [1.165, 1.54) is 6.92 Å². The maximum atomic E-state index is 10.8. The van der Waals surface area contributed by atoms with Crippen molar-refractivity contribution in [3.8, 4) is 0 Å². The molecule has 5 heteroatoms. The molecule has 0 aromatic carbocycles. The molecule has 100 valence electrons. The van der Waals surface area contributed by atoms with Gasteiger partial charge in [0.25, 0.3) is 0 Å². The Morgan fingerprint density at radius 2 is 2.12 bits per heavy atom. The van der Waals surface area contributed by atoms with Crippen molar-refractivity contribution in [3.63, 3.8) is 0 Å². The van der Waals surface area contributed by atoms with E-state index in [4.69, 9.17) is 9.47 Å². The number of aliphatic hydroxyl groups excluding tert-OH is 2. The van der Waals surface area contributed by atoms with Crippen LogP contribution in [0.25, 0.3) is 0 Å². The Kier molecular flexibility index (Phi) is 5.52. The number of rotatable bonds is 5. The lowest BCUT2D eigenvalue weighted by Gasteiger charge is -2.36. The van der Waals surface area contributed by atoms with Gasteiger partial charge in [0.15, 0.2) is 6.29 Å². The van der Waals surface area contributed by atoms with Gasteiger partial charge in [-0.3, -0.25) is 0 Å². The summed E-state index contributed by atoms with van der Waals surface area (Å²) in [5.41, 5.74) is 0. The third-order valence-electron chi connectivity index (χ3n) is 2.96. The van der Waals surface area contributed by atoms with Gasteiger partial charge in [-0.15, -0.1) is 0 Å². The molecule has 2 N–H and O–H groups in total. The van der Waals surface area contributed by atoms with Crippen LogP contribution in [0.5, 0.6) is 0 Å². The fraction of sp³-hybridized carbons (Fsp3) is 0.917. The van der Waals surface area contributed by atoms with Crippen LogP contribution in [0.3, 0.4) is 0 Å². The molecule has 0 aromatic rings. The molecule has 1 rings (SSSR count). The van der Waals surface area contributed by atoms with Gasteiger partial charge in [-0.1, -0.05) is 0 Å². The monoisotopic (exact) mass is 246 g/mol. The van der Waals surface area contributed by atoms with Crippen molar-refractivity contribution in [1.82, 2.24) is 0 Å². The Morgan fingerprint density at radius 1 is 1.47 bits per heavy atom. The molecule has 0 radical (unpaired) electrons. The Labute approximate surface area is 102 Å². The average Bonchev–Trinajstić information content (AvgIpc) is 2.23. The third-order valence-corrected chi connectivity index (χ3v) is 2.96. The molecule has 0 aliphatic carbocycles. The van der Waals surface area contributed by atoms with Crippen LogP contribution >= 0.6 is 0 Å². The van der Waals surface area contributed by atoms with Crippen LogP contribution in [0.2, 0.25) is 0 Å². The zero-order valence-electron chi connectivity index (χ0n) is 10.6. The predicted octanol–water partition coefficient (Wildman–Crippen LogP) is 0.617. The molecule has 1 fully saturated rings. The maximum Gasteiger partial charge on any atom is 0.184 e. The highest BCUT2D eigenvalue weighted by atomic mass is 16.7. The number of hydrogen-bond donors (Lipinski definition) is 2. The van der Waals surface area contributed by atoms with Crippen molar-refractivity contribution in [2.24, 2.45) is 0 Å². The molecule has 1 heterocycles. The van der Waals surface area contributed by atoms with Gasteiger partial charge in [-0.2, -0.15) is 0 Å². The lowest BCUT2D eigenvalue weighted by molar-refractivity contribution is -0.273. The van der Waals surface area contributed by atoms with Crippen LogP contribution in [-0.4, -0.2) is 46.7 Å². The summed E-state index contributed by atoms with van der Waals surface area (Å²) in [5.74, 6) is 0.120. The first-order chi connectivity index (χ1) is 7.90. The molecule has 1 aliphatic rings. The number of aliphatic hydroxyl groups is 2. The van der Waals surface area contributed by atoms with Crippen LogP contribution < -0.4 is 0 Å². The molecular formula is C12H22O5. The maximum absolute atomic E-state index is 10.8. The Hall–Kier alpha value is -0.490. The van der Waals surface area contributed by atoms with E-state index in [-0.39, 0.29) is 24.4 Å². The predicted molar refractivity (Wildman–Crippen MR) is 61.4 cm³/mol. The Balaban J connectivity index is 2.37. The summed E-state index contributed by atoms with van der Waals surface area (Å²) in [6.45, 7) is 5.12. The van der Waals surface area contributed by atoms with E-state index < -0.39 is 18.5 Å².